The van der Waals surface area contributed by atoms with Gasteiger partial charge in [0.25, 0.3) is 5.91 Å². The standard InChI is InChI=1S/C50H52Cl2N6O6/c51-32-12-7-11-31(27-32)40-41(56-49(18-4-2-5-19-49)50(40)36-15-14-33(52)28-37(36)54-46(50)64)43(61)57-48-23-20-47(21-24-48,22-25-48)45(63)53-26-6-1-3-9-30-10-8-13-34-35(30)29-58(44(34)62)38-16-17-39(59)55-42(38)60/h7-8,10-15,27-28,38,40-41,56H,1-2,4-6,16-26,29H2,(H,53,63)(H,54,64)(H,57,61)(H,55,59,60)/t38?,40-,41+,47?,48?,50+/m0/s1. The Morgan fingerprint density at radius 2 is 1.59 bits per heavy atom. The molecule has 14 heteroatoms. The van der Waals surface area contributed by atoms with E-state index >= 15 is 4.79 Å². The molecule has 6 amide bonds. The number of anilines is 1. The lowest BCUT2D eigenvalue weighted by Crippen LogP contribution is -2.62. The molecule has 4 aliphatic heterocycles. The van der Waals surface area contributed by atoms with Gasteiger partial charge in [0.15, 0.2) is 0 Å². The highest BCUT2D eigenvalue weighted by Gasteiger charge is 2.72. The molecule has 3 aromatic rings. The molecule has 6 fully saturated rings. The van der Waals surface area contributed by atoms with Crippen molar-refractivity contribution in [2.24, 2.45) is 5.41 Å². The van der Waals surface area contributed by atoms with Crippen molar-refractivity contribution < 1.29 is 28.8 Å². The number of benzene rings is 3. The third kappa shape index (κ3) is 6.92. The number of imide groups is 1. The van der Waals surface area contributed by atoms with Gasteiger partial charge in [0.05, 0.1) is 6.04 Å². The normalized spacial score (nSPS) is 29.8. The van der Waals surface area contributed by atoms with Crippen LogP contribution in [0.4, 0.5) is 5.69 Å². The largest absolute Gasteiger partial charge is 0.356 e. The van der Waals surface area contributed by atoms with E-state index in [0.717, 1.165) is 54.4 Å². The van der Waals surface area contributed by atoms with Crippen LogP contribution in [0.15, 0.2) is 60.7 Å². The van der Waals surface area contributed by atoms with Crippen LogP contribution in [-0.4, -0.2) is 70.0 Å². The molecule has 4 saturated carbocycles. The van der Waals surface area contributed by atoms with Crippen LogP contribution in [0, 0.1) is 17.3 Å². The van der Waals surface area contributed by atoms with Gasteiger partial charge in [-0.05, 0) is 117 Å². The van der Waals surface area contributed by atoms with Crippen LogP contribution in [0.2, 0.25) is 10.0 Å². The Morgan fingerprint density at radius 3 is 2.34 bits per heavy atom. The molecule has 4 aliphatic carbocycles. The monoisotopic (exact) mass is 902 g/mol. The highest BCUT2D eigenvalue weighted by molar-refractivity contribution is 6.31. The SMILES string of the molecule is O=C1CCC(N2Cc3c(C#CCCCNC(=O)C45CCC(NC(=O)[C@@H]6NC7(CCCCC7)[C@@]7(C(=O)Nc8cc(Cl)ccc87)[C@H]6c6cccc(Cl)c6)(CC4)CC5)cccc3C2=O)C(=O)N1. The van der Waals surface area contributed by atoms with Crippen molar-refractivity contribution >= 4 is 64.3 Å². The number of amides is 6. The van der Waals surface area contributed by atoms with Crippen molar-refractivity contribution in [3.05, 3.63) is 98.5 Å². The predicted octanol–water partition coefficient (Wildman–Crippen LogP) is 6.56. The average molecular weight is 904 g/mol. The number of fused-ring (bicyclic) bond motifs is 7. The zero-order valence-electron chi connectivity index (χ0n) is 35.7. The Hall–Kier alpha value is -5.22. The fourth-order valence-corrected chi connectivity index (χ4v) is 13.0. The van der Waals surface area contributed by atoms with Crippen molar-refractivity contribution in [2.45, 2.75) is 137 Å². The summed E-state index contributed by atoms with van der Waals surface area (Å²) in [6.07, 6.45) is 10.2. The van der Waals surface area contributed by atoms with Gasteiger partial charge in [-0.3, -0.25) is 39.4 Å². The summed E-state index contributed by atoms with van der Waals surface area (Å²) in [5.74, 6) is 4.70. The molecule has 64 heavy (non-hydrogen) atoms. The highest BCUT2D eigenvalue weighted by Crippen LogP contribution is 2.63. The molecular formula is C50H52Cl2N6O6. The maximum Gasteiger partial charge on any atom is 0.255 e. The maximum absolute atomic E-state index is 15.0. The molecule has 5 N–H and O–H groups in total. The smallest absolute Gasteiger partial charge is 0.255 e. The van der Waals surface area contributed by atoms with Crippen LogP contribution < -0.4 is 26.6 Å². The van der Waals surface area contributed by atoms with Crippen molar-refractivity contribution in [2.75, 3.05) is 11.9 Å². The van der Waals surface area contributed by atoms with E-state index in [1.165, 1.54) is 4.90 Å². The number of unbranched alkanes of at least 4 members (excludes halogenated alkanes) is 1. The van der Waals surface area contributed by atoms with E-state index in [4.69, 9.17) is 23.2 Å². The fourth-order valence-electron chi connectivity index (χ4n) is 12.7. The van der Waals surface area contributed by atoms with Gasteiger partial charge in [0, 0.05) is 75.2 Å². The molecule has 1 unspecified atom stereocenters. The Kier molecular flexibility index (Phi) is 10.9. The first-order valence-electron chi connectivity index (χ1n) is 22.9. The second kappa shape index (κ2) is 16.3. The summed E-state index contributed by atoms with van der Waals surface area (Å²) in [6, 6.07) is 17.2. The highest BCUT2D eigenvalue weighted by atomic mass is 35.5. The first-order valence-corrected chi connectivity index (χ1v) is 23.6. The van der Waals surface area contributed by atoms with Crippen LogP contribution in [0.25, 0.3) is 0 Å². The van der Waals surface area contributed by atoms with E-state index in [9.17, 15) is 24.0 Å². The molecule has 0 radical (unpaired) electrons. The Morgan fingerprint density at radius 1 is 0.844 bits per heavy atom. The summed E-state index contributed by atoms with van der Waals surface area (Å²) in [4.78, 5) is 82.5. The Labute approximate surface area is 382 Å². The van der Waals surface area contributed by atoms with Crippen molar-refractivity contribution in [3.8, 4) is 11.8 Å². The first-order chi connectivity index (χ1) is 30.9. The number of carbonyl (C=O) groups is 6. The van der Waals surface area contributed by atoms with Crippen LogP contribution in [0.3, 0.4) is 0 Å². The number of carbonyl (C=O) groups excluding carboxylic acids is 6. The molecule has 12 nitrogen and oxygen atoms in total. The van der Waals surface area contributed by atoms with E-state index in [-0.39, 0.29) is 42.5 Å². The number of hydrogen-bond acceptors (Lipinski definition) is 7. The molecule has 4 atom stereocenters. The second-order valence-corrected chi connectivity index (χ2v) is 20.1. The number of hydrogen-bond donors (Lipinski definition) is 5. The van der Waals surface area contributed by atoms with Crippen LogP contribution >= 0.6 is 23.2 Å². The topological polar surface area (TPSA) is 166 Å². The van der Waals surface area contributed by atoms with Crippen molar-refractivity contribution in [3.63, 3.8) is 0 Å². The summed E-state index contributed by atoms with van der Waals surface area (Å²) in [5.41, 5.74) is 1.77. The first kappa shape index (κ1) is 42.7. The van der Waals surface area contributed by atoms with Gasteiger partial charge in [-0.25, -0.2) is 0 Å². The fraction of sp³-hybridized carbons (Fsp3) is 0.480. The Bertz CT molecular complexity index is 2540. The lowest BCUT2D eigenvalue weighted by molar-refractivity contribution is -0.140. The lowest BCUT2D eigenvalue weighted by atomic mass is 9.55. The van der Waals surface area contributed by atoms with Gasteiger partial charge >= 0.3 is 0 Å². The van der Waals surface area contributed by atoms with Gasteiger partial charge in [-0.2, -0.15) is 0 Å². The molecule has 0 aromatic heterocycles. The number of nitrogens with one attached hydrogen (secondary N) is 5. The summed E-state index contributed by atoms with van der Waals surface area (Å²) in [5, 5.41) is 17.2. The number of halogens is 2. The number of rotatable bonds is 8. The quantitative estimate of drug-likeness (QED) is 0.0971. The molecular weight excluding hydrogens is 851 g/mol. The van der Waals surface area contributed by atoms with E-state index in [2.05, 4.69) is 38.4 Å². The molecule has 3 aromatic carbocycles. The van der Waals surface area contributed by atoms with Crippen molar-refractivity contribution in [1.82, 2.24) is 26.2 Å². The van der Waals surface area contributed by atoms with E-state index < -0.39 is 45.8 Å². The molecule has 4 heterocycles. The maximum atomic E-state index is 15.0. The van der Waals surface area contributed by atoms with E-state index in [1.807, 2.05) is 48.5 Å². The summed E-state index contributed by atoms with van der Waals surface area (Å²) < 4.78 is 0. The van der Waals surface area contributed by atoms with Crippen molar-refractivity contribution in [1.29, 1.82) is 0 Å². The van der Waals surface area contributed by atoms with Gasteiger partial charge in [-0.1, -0.05) is 78.6 Å². The van der Waals surface area contributed by atoms with E-state index in [1.54, 1.807) is 12.1 Å². The molecule has 8 aliphatic rings. The van der Waals surface area contributed by atoms with Crippen LogP contribution in [-0.2, 0) is 35.9 Å². The van der Waals surface area contributed by atoms with Gasteiger partial charge in [-0.15, -0.1) is 0 Å². The molecule has 2 bridgehead atoms. The van der Waals surface area contributed by atoms with Gasteiger partial charge in [0.2, 0.25) is 29.5 Å². The third-order valence-corrected chi connectivity index (χ3v) is 16.4. The summed E-state index contributed by atoms with van der Waals surface area (Å²) >= 11 is 13.1. The summed E-state index contributed by atoms with van der Waals surface area (Å²) in [7, 11) is 0. The molecule has 2 saturated heterocycles. The number of piperidine rings is 1. The lowest BCUT2D eigenvalue weighted by Gasteiger charge is -2.53. The van der Waals surface area contributed by atoms with Gasteiger partial charge in [0.1, 0.15) is 11.5 Å². The number of nitrogens with zero attached hydrogens (tertiary/aromatic N) is 1. The summed E-state index contributed by atoms with van der Waals surface area (Å²) in [6.45, 7) is 0.747. The third-order valence-electron chi connectivity index (χ3n) is 15.9. The molecule has 11 rings (SSSR count). The van der Waals surface area contributed by atoms with Crippen LogP contribution in [0.5, 0.6) is 0 Å². The van der Waals surface area contributed by atoms with E-state index in [0.29, 0.717) is 85.6 Å². The second-order valence-electron chi connectivity index (χ2n) is 19.2. The molecule has 332 valence electrons. The average Bonchev–Trinajstić information content (AvgIpc) is 3.89. The zero-order chi connectivity index (χ0) is 44.4. The minimum Gasteiger partial charge on any atom is -0.356 e. The minimum absolute atomic E-state index is 0.0543. The minimum atomic E-state index is -1.07. The van der Waals surface area contributed by atoms with Gasteiger partial charge < -0.3 is 20.9 Å². The Balaban J connectivity index is 0.787. The van der Waals surface area contributed by atoms with Crippen LogP contribution in [0.1, 0.15) is 135 Å². The molecule has 2 spiro atoms. The zero-order valence-corrected chi connectivity index (χ0v) is 37.2. The predicted molar refractivity (Wildman–Crippen MR) is 241 cm³/mol.